The van der Waals surface area contributed by atoms with E-state index in [1.165, 1.54) is 18.1 Å². The van der Waals surface area contributed by atoms with Gasteiger partial charge in [-0.1, -0.05) is 18.1 Å². The second-order valence-corrected chi connectivity index (χ2v) is 7.96. The molecule has 10 heteroatoms. The number of terminal acetylenes is 1. The number of amides is 1. The second-order valence-electron chi connectivity index (χ2n) is 6.86. The second kappa shape index (κ2) is 7.77. The molecule has 154 valence electrons. The molecular formula is C21H17N7O2S. The fourth-order valence-corrected chi connectivity index (χ4v) is 4.78. The SMILES string of the molecule is C#CCOc1cccc([C@H]2SCC(=O)Nc3c2c(C)nn3-c2ncnc3nc[nH]c23)c1. The highest BCUT2D eigenvalue weighted by atomic mass is 32.2. The molecule has 4 aromatic rings. The molecule has 1 aliphatic heterocycles. The molecule has 0 radical (unpaired) electrons. The number of hydrogen-bond acceptors (Lipinski definition) is 7. The summed E-state index contributed by atoms with van der Waals surface area (Å²) >= 11 is 1.53. The molecule has 0 unspecified atom stereocenters. The molecule has 1 atom stereocenters. The monoisotopic (exact) mass is 431 g/mol. The topological polar surface area (TPSA) is 111 Å². The number of carbonyl (C=O) groups excluding carboxylic acids is 1. The minimum atomic E-state index is -0.129. The molecule has 1 aromatic carbocycles. The first-order valence-corrected chi connectivity index (χ1v) is 10.5. The molecule has 31 heavy (non-hydrogen) atoms. The number of anilines is 1. The number of ether oxygens (including phenoxy) is 1. The molecule has 4 heterocycles. The fraction of sp³-hybridized carbons (Fsp3) is 0.190. The van der Waals surface area contributed by atoms with Crippen molar-refractivity contribution in [1.29, 1.82) is 0 Å². The van der Waals surface area contributed by atoms with Gasteiger partial charge < -0.3 is 15.0 Å². The van der Waals surface area contributed by atoms with E-state index in [9.17, 15) is 4.79 Å². The maximum atomic E-state index is 12.6. The Morgan fingerprint density at radius 1 is 1.35 bits per heavy atom. The van der Waals surface area contributed by atoms with Gasteiger partial charge in [-0.2, -0.15) is 9.78 Å². The minimum Gasteiger partial charge on any atom is -0.481 e. The molecule has 2 N–H and O–H groups in total. The minimum absolute atomic E-state index is 0.107. The Hall–Kier alpha value is -3.84. The zero-order chi connectivity index (χ0) is 21.4. The van der Waals surface area contributed by atoms with E-state index in [4.69, 9.17) is 16.3 Å². The Morgan fingerprint density at radius 2 is 2.26 bits per heavy atom. The number of thioether (sulfide) groups is 1. The molecule has 0 bridgehead atoms. The van der Waals surface area contributed by atoms with Gasteiger partial charge in [-0.3, -0.25) is 4.79 Å². The first-order valence-electron chi connectivity index (χ1n) is 9.47. The van der Waals surface area contributed by atoms with Gasteiger partial charge in [0, 0.05) is 5.56 Å². The zero-order valence-electron chi connectivity index (χ0n) is 16.5. The summed E-state index contributed by atoms with van der Waals surface area (Å²) in [6, 6.07) is 7.73. The third kappa shape index (κ3) is 3.39. The summed E-state index contributed by atoms with van der Waals surface area (Å²) in [7, 11) is 0. The van der Waals surface area contributed by atoms with E-state index >= 15 is 0 Å². The number of aromatic nitrogens is 6. The average molecular weight is 431 g/mol. The van der Waals surface area contributed by atoms with E-state index in [-0.39, 0.29) is 17.8 Å². The molecule has 9 nitrogen and oxygen atoms in total. The van der Waals surface area contributed by atoms with Crippen LogP contribution < -0.4 is 10.1 Å². The van der Waals surface area contributed by atoms with Gasteiger partial charge in [0.05, 0.1) is 23.0 Å². The standard InChI is InChI=1S/C21H17N7O2S/c1-3-7-30-14-6-4-5-13(8-14)18-16-12(2)27-28(20(16)26-15(29)9-31-18)21-17-19(23-10-22-17)24-11-25-21/h1,4-6,8,10-11,18H,7,9H2,2H3,(H,26,29)(H,22,23,24,25)/t18-/m1/s1. The third-order valence-electron chi connectivity index (χ3n) is 4.89. The Bertz CT molecular complexity index is 1340. The molecule has 0 fully saturated rings. The van der Waals surface area contributed by atoms with Crippen LogP contribution in [0.5, 0.6) is 5.75 Å². The van der Waals surface area contributed by atoms with E-state index in [2.05, 4.69) is 31.2 Å². The van der Waals surface area contributed by atoms with Crippen LogP contribution in [-0.4, -0.2) is 48.0 Å². The van der Waals surface area contributed by atoms with Crippen LogP contribution in [0.1, 0.15) is 22.1 Å². The number of aromatic amines is 1. The maximum absolute atomic E-state index is 12.6. The fourth-order valence-electron chi connectivity index (χ4n) is 3.61. The molecule has 5 rings (SSSR count). The molecule has 0 aliphatic carbocycles. The number of nitrogens with zero attached hydrogens (tertiary/aromatic N) is 5. The van der Waals surface area contributed by atoms with E-state index in [0.717, 1.165) is 16.8 Å². The van der Waals surface area contributed by atoms with Crippen molar-refractivity contribution in [1.82, 2.24) is 29.7 Å². The van der Waals surface area contributed by atoms with Crippen molar-refractivity contribution in [3.63, 3.8) is 0 Å². The Kier molecular flexibility index (Phi) is 4.80. The lowest BCUT2D eigenvalue weighted by atomic mass is 10.0. The summed E-state index contributed by atoms with van der Waals surface area (Å²) in [5, 5.41) is 7.58. The van der Waals surface area contributed by atoms with Crippen LogP contribution in [0.25, 0.3) is 17.0 Å². The quantitative estimate of drug-likeness (QED) is 0.478. The van der Waals surface area contributed by atoms with Crippen LogP contribution in [0.2, 0.25) is 0 Å². The number of nitrogens with one attached hydrogen (secondary N) is 2. The highest BCUT2D eigenvalue weighted by Gasteiger charge is 2.31. The van der Waals surface area contributed by atoms with Crippen LogP contribution in [0, 0.1) is 19.3 Å². The van der Waals surface area contributed by atoms with Crippen molar-refractivity contribution < 1.29 is 9.53 Å². The summed E-state index contributed by atoms with van der Waals surface area (Å²) in [6.45, 7) is 2.11. The number of rotatable bonds is 4. The van der Waals surface area contributed by atoms with Crippen LogP contribution >= 0.6 is 11.8 Å². The van der Waals surface area contributed by atoms with Crippen LogP contribution in [-0.2, 0) is 4.79 Å². The predicted molar refractivity (Wildman–Crippen MR) is 117 cm³/mol. The van der Waals surface area contributed by atoms with Crippen molar-refractivity contribution in [2.45, 2.75) is 12.2 Å². The average Bonchev–Trinajstić information content (AvgIpc) is 3.33. The van der Waals surface area contributed by atoms with Gasteiger partial charge in [-0.15, -0.1) is 18.2 Å². The molecule has 3 aromatic heterocycles. The van der Waals surface area contributed by atoms with E-state index < -0.39 is 0 Å². The maximum Gasteiger partial charge on any atom is 0.235 e. The summed E-state index contributed by atoms with van der Waals surface area (Å²) in [6.07, 6.45) is 8.29. The van der Waals surface area contributed by atoms with Crippen molar-refractivity contribution in [3.05, 3.63) is 53.7 Å². The summed E-state index contributed by atoms with van der Waals surface area (Å²) in [5.41, 5.74) is 3.86. The number of aryl methyl sites for hydroxylation is 1. The normalized spacial score (nSPS) is 15.7. The highest BCUT2D eigenvalue weighted by molar-refractivity contribution is 8.00. The molecule has 0 saturated heterocycles. The lowest BCUT2D eigenvalue weighted by Gasteiger charge is -2.16. The van der Waals surface area contributed by atoms with Crippen molar-refractivity contribution in [3.8, 4) is 23.9 Å². The molecule has 1 amide bonds. The number of H-pyrrole nitrogens is 1. The molecule has 0 spiro atoms. The highest BCUT2D eigenvalue weighted by Crippen LogP contribution is 2.44. The van der Waals surface area contributed by atoms with Crippen molar-refractivity contribution in [2.75, 3.05) is 17.7 Å². The number of benzene rings is 1. The van der Waals surface area contributed by atoms with Crippen molar-refractivity contribution >= 4 is 34.7 Å². The Labute approximate surface area is 181 Å². The molecule has 1 aliphatic rings. The number of imidazole rings is 1. The number of fused-ring (bicyclic) bond motifs is 2. The van der Waals surface area contributed by atoms with Gasteiger partial charge >= 0.3 is 0 Å². The Balaban J connectivity index is 1.66. The predicted octanol–water partition coefficient (Wildman–Crippen LogP) is 2.63. The van der Waals surface area contributed by atoms with Crippen LogP contribution in [0.4, 0.5) is 5.82 Å². The van der Waals surface area contributed by atoms with Gasteiger partial charge in [0.15, 0.2) is 11.5 Å². The molecule has 0 saturated carbocycles. The number of hydrogen-bond donors (Lipinski definition) is 2. The van der Waals surface area contributed by atoms with Crippen LogP contribution in [0.3, 0.4) is 0 Å². The Morgan fingerprint density at radius 3 is 3.13 bits per heavy atom. The van der Waals surface area contributed by atoms with E-state index in [1.807, 2.05) is 31.2 Å². The zero-order valence-corrected chi connectivity index (χ0v) is 17.3. The van der Waals surface area contributed by atoms with E-state index in [1.54, 1.807) is 11.0 Å². The molecular weight excluding hydrogens is 414 g/mol. The van der Waals surface area contributed by atoms with E-state index in [0.29, 0.717) is 34.3 Å². The first kappa shape index (κ1) is 19.1. The lowest BCUT2D eigenvalue weighted by molar-refractivity contribution is -0.113. The van der Waals surface area contributed by atoms with Gasteiger partial charge in [-0.05, 0) is 24.6 Å². The van der Waals surface area contributed by atoms with Gasteiger partial charge in [0.1, 0.15) is 30.0 Å². The van der Waals surface area contributed by atoms with Crippen molar-refractivity contribution in [2.24, 2.45) is 0 Å². The number of carbonyl (C=O) groups is 1. The smallest absolute Gasteiger partial charge is 0.235 e. The largest absolute Gasteiger partial charge is 0.481 e. The summed E-state index contributed by atoms with van der Waals surface area (Å²) in [4.78, 5) is 28.4. The third-order valence-corrected chi connectivity index (χ3v) is 6.16. The first-order chi connectivity index (χ1) is 15.2. The van der Waals surface area contributed by atoms with Crippen LogP contribution in [0.15, 0.2) is 36.9 Å². The van der Waals surface area contributed by atoms with Gasteiger partial charge in [-0.25, -0.2) is 15.0 Å². The van der Waals surface area contributed by atoms with Gasteiger partial charge in [0.25, 0.3) is 0 Å². The summed E-state index contributed by atoms with van der Waals surface area (Å²) in [5.74, 6) is 4.45. The lowest BCUT2D eigenvalue weighted by Crippen LogP contribution is -2.16. The summed E-state index contributed by atoms with van der Waals surface area (Å²) < 4.78 is 7.24. The van der Waals surface area contributed by atoms with Gasteiger partial charge in [0.2, 0.25) is 5.91 Å².